The van der Waals surface area contributed by atoms with Gasteiger partial charge in [-0.3, -0.25) is 9.48 Å². The molecule has 0 aromatic carbocycles. The maximum Gasteiger partial charge on any atom is 0.244 e. The van der Waals surface area contributed by atoms with Crippen LogP contribution in [0, 0.1) is 0 Å². The van der Waals surface area contributed by atoms with Gasteiger partial charge in [0, 0.05) is 19.3 Å². The molecule has 2 heterocycles. The molecule has 1 saturated heterocycles. The Hall–Kier alpha value is -0.840. The van der Waals surface area contributed by atoms with Gasteiger partial charge in [0.25, 0.3) is 0 Å². The van der Waals surface area contributed by atoms with Gasteiger partial charge >= 0.3 is 0 Å². The van der Waals surface area contributed by atoms with E-state index in [-0.39, 0.29) is 5.91 Å². The van der Waals surface area contributed by atoms with Crippen molar-refractivity contribution in [1.29, 1.82) is 0 Å². The second-order valence-corrected chi connectivity index (χ2v) is 3.88. The average Bonchev–Trinajstić information content (AvgIpc) is 2.31. The maximum absolute atomic E-state index is 11.5. The quantitative estimate of drug-likeness (QED) is 0.774. The molecule has 1 amide bonds. The van der Waals surface area contributed by atoms with Crippen molar-refractivity contribution in [3.8, 4) is 0 Å². The molecule has 4 nitrogen and oxygen atoms in total. The van der Waals surface area contributed by atoms with Gasteiger partial charge in [0.2, 0.25) is 5.91 Å². The third-order valence-corrected chi connectivity index (χ3v) is 2.54. The number of carbonyl (C=O) groups excluding carboxylic acids is 1. The summed E-state index contributed by atoms with van der Waals surface area (Å²) in [5.41, 5.74) is 0. The molecule has 1 aromatic heterocycles. The first-order valence-electron chi connectivity index (χ1n) is 4.22. The van der Waals surface area contributed by atoms with Gasteiger partial charge in [-0.05, 0) is 28.4 Å². The number of likely N-dealkylation sites (tertiary alicyclic amines) is 1. The Bertz CT molecular complexity index is 319. The van der Waals surface area contributed by atoms with Crippen molar-refractivity contribution in [3.05, 3.63) is 16.9 Å². The van der Waals surface area contributed by atoms with E-state index in [9.17, 15) is 4.79 Å². The summed E-state index contributed by atoms with van der Waals surface area (Å²) in [5.74, 6) is 0.154. The molecular formula is C8H10BrN3O. The minimum atomic E-state index is 0.154. The first kappa shape index (κ1) is 8.74. The van der Waals surface area contributed by atoms with E-state index in [1.54, 1.807) is 10.9 Å². The van der Waals surface area contributed by atoms with Crippen molar-refractivity contribution in [1.82, 2.24) is 14.7 Å². The predicted octanol–water partition coefficient (Wildman–Crippen LogP) is 0.878. The molecule has 0 radical (unpaired) electrons. The van der Waals surface area contributed by atoms with Gasteiger partial charge in [0.05, 0.1) is 0 Å². The van der Waals surface area contributed by atoms with Gasteiger partial charge in [0.1, 0.15) is 11.1 Å². The van der Waals surface area contributed by atoms with Crippen molar-refractivity contribution in [2.24, 2.45) is 0 Å². The second-order valence-electron chi connectivity index (χ2n) is 3.07. The summed E-state index contributed by atoms with van der Waals surface area (Å²) in [6.07, 6.45) is 2.93. The lowest BCUT2D eigenvalue weighted by Gasteiger charge is -2.30. The molecule has 0 bridgehead atoms. The topological polar surface area (TPSA) is 38.1 Å². The summed E-state index contributed by atoms with van der Waals surface area (Å²) >= 11 is 3.23. The van der Waals surface area contributed by atoms with Crippen LogP contribution in [0.3, 0.4) is 0 Å². The van der Waals surface area contributed by atoms with Gasteiger partial charge in [-0.2, -0.15) is 5.10 Å². The number of hydrogen-bond donors (Lipinski definition) is 0. The standard InChI is InChI=1S/C8H10BrN3O/c9-7-2-5-12(10-7)6-8(13)11-3-1-4-11/h2,5H,1,3-4,6H2. The highest BCUT2D eigenvalue weighted by Gasteiger charge is 2.20. The monoisotopic (exact) mass is 243 g/mol. The SMILES string of the molecule is O=C(Cn1ccc(Br)n1)N1CCC1. The van der Waals surface area contributed by atoms with Crippen molar-refractivity contribution < 1.29 is 4.79 Å². The minimum absolute atomic E-state index is 0.154. The molecule has 1 fully saturated rings. The summed E-state index contributed by atoms with van der Waals surface area (Å²) in [4.78, 5) is 13.3. The first-order valence-corrected chi connectivity index (χ1v) is 5.02. The van der Waals surface area contributed by atoms with Crippen LogP contribution in [0.5, 0.6) is 0 Å². The largest absolute Gasteiger partial charge is 0.341 e. The van der Waals surface area contributed by atoms with Gasteiger partial charge in [-0.25, -0.2) is 0 Å². The lowest BCUT2D eigenvalue weighted by atomic mass is 10.2. The van der Waals surface area contributed by atoms with E-state index in [1.165, 1.54) is 0 Å². The van der Waals surface area contributed by atoms with Crippen molar-refractivity contribution in [2.75, 3.05) is 13.1 Å². The molecule has 2 rings (SSSR count). The molecule has 1 aliphatic heterocycles. The van der Waals surface area contributed by atoms with E-state index in [2.05, 4.69) is 21.0 Å². The van der Waals surface area contributed by atoms with Crippen molar-refractivity contribution >= 4 is 21.8 Å². The van der Waals surface area contributed by atoms with Gasteiger partial charge in [-0.15, -0.1) is 0 Å². The fourth-order valence-corrected chi connectivity index (χ4v) is 1.55. The molecule has 0 spiro atoms. The zero-order chi connectivity index (χ0) is 9.26. The number of carbonyl (C=O) groups is 1. The number of hydrogen-bond acceptors (Lipinski definition) is 2. The van der Waals surface area contributed by atoms with Gasteiger partial charge in [0.15, 0.2) is 0 Å². The van der Waals surface area contributed by atoms with E-state index in [0.29, 0.717) is 6.54 Å². The minimum Gasteiger partial charge on any atom is -0.341 e. The van der Waals surface area contributed by atoms with E-state index < -0.39 is 0 Å². The Morgan fingerprint density at radius 2 is 2.38 bits per heavy atom. The Balaban J connectivity index is 1.93. The van der Waals surface area contributed by atoms with Crippen LogP contribution < -0.4 is 0 Å². The number of aromatic nitrogens is 2. The third kappa shape index (κ3) is 1.91. The molecule has 0 N–H and O–H groups in total. The van der Waals surface area contributed by atoms with Crippen molar-refractivity contribution in [3.63, 3.8) is 0 Å². The van der Waals surface area contributed by atoms with Crippen LogP contribution in [0.2, 0.25) is 0 Å². The lowest BCUT2D eigenvalue weighted by molar-refractivity contribution is -0.135. The fourth-order valence-electron chi connectivity index (χ4n) is 1.23. The molecule has 0 aliphatic carbocycles. The van der Waals surface area contributed by atoms with Crippen LogP contribution in [0.15, 0.2) is 16.9 Å². The average molecular weight is 244 g/mol. The number of halogens is 1. The summed E-state index contributed by atoms with van der Waals surface area (Å²) in [7, 11) is 0. The number of nitrogens with zero attached hydrogens (tertiary/aromatic N) is 3. The Labute approximate surface area is 84.6 Å². The summed E-state index contributed by atoms with van der Waals surface area (Å²) in [5, 5.41) is 4.08. The van der Waals surface area contributed by atoms with Crippen LogP contribution in [0.25, 0.3) is 0 Å². The highest BCUT2D eigenvalue weighted by atomic mass is 79.9. The van der Waals surface area contributed by atoms with Crippen LogP contribution in [0.4, 0.5) is 0 Å². The van der Waals surface area contributed by atoms with Crippen LogP contribution in [-0.4, -0.2) is 33.7 Å². The Kier molecular flexibility index (Phi) is 2.35. The maximum atomic E-state index is 11.5. The molecular weight excluding hydrogens is 234 g/mol. The van der Waals surface area contributed by atoms with Crippen LogP contribution in [-0.2, 0) is 11.3 Å². The highest BCUT2D eigenvalue weighted by Crippen LogP contribution is 2.08. The summed E-state index contributed by atoms with van der Waals surface area (Å²) in [6.45, 7) is 2.16. The van der Waals surface area contributed by atoms with Crippen molar-refractivity contribution in [2.45, 2.75) is 13.0 Å². The van der Waals surface area contributed by atoms with E-state index in [1.807, 2.05) is 11.0 Å². The van der Waals surface area contributed by atoms with Crippen LogP contribution in [0.1, 0.15) is 6.42 Å². The number of rotatable bonds is 2. The van der Waals surface area contributed by atoms with Crippen LogP contribution >= 0.6 is 15.9 Å². The van der Waals surface area contributed by atoms with Gasteiger partial charge < -0.3 is 4.90 Å². The molecule has 70 valence electrons. The molecule has 0 unspecified atom stereocenters. The summed E-state index contributed by atoms with van der Waals surface area (Å²) < 4.78 is 2.41. The fraction of sp³-hybridized carbons (Fsp3) is 0.500. The molecule has 13 heavy (non-hydrogen) atoms. The Morgan fingerprint density at radius 3 is 2.85 bits per heavy atom. The highest BCUT2D eigenvalue weighted by molar-refractivity contribution is 9.10. The normalized spacial score (nSPS) is 15.6. The zero-order valence-electron chi connectivity index (χ0n) is 7.11. The summed E-state index contributed by atoms with van der Waals surface area (Å²) in [6, 6.07) is 1.82. The lowest BCUT2D eigenvalue weighted by Crippen LogP contribution is -2.43. The molecule has 5 heteroatoms. The first-order chi connectivity index (χ1) is 6.25. The zero-order valence-corrected chi connectivity index (χ0v) is 8.70. The smallest absolute Gasteiger partial charge is 0.244 e. The molecule has 0 atom stereocenters. The second kappa shape index (κ2) is 3.49. The van der Waals surface area contributed by atoms with E-state index >= 15 is 0 Å². The Morgan fingerprint density at radius 1 is 1.62 bits per heavy atom. The number of amides is 1. The molecule has 1 aromatic rings. The molecule has 1 aliphatic rings. The van der Waals surface area contributed by atoms with Gasteiger partial charge in [-0.1, -0.05) is 0 Å². The predicted molar refractivity (Wildman–Crippen MR) is 51.1 cm³/mol. The van der Waals surface area contributed by atoms with E-state index in [0.717, 1.165) is 24.1 Å². The third-order valence-electron chi connectivity index (χ3n) is 2.11. The van der Waals surface area contributed by atoms with E-state index in [4.69, 9.17) is 0 Å². The molecule has 0 saturated carbocycles.